The van der Waals surface area contributed by atoms with Crippen molar-refractivity contribution >= 4 is 0 Å². The minimum atomic E-state index is 0.716. The van der Waals surface area contributed by atoms with Crippen LogP contribution in [0.2, 0.25) is 0 Å². The molecule has 3 heteroatoms. The van der Waals surface area contributed by atoms with E-state index in [2.05, 4.69) is 11.9 Å². The zero-order valence-electron chi connectivity index (χ0n) is 8.42. The van der Waals surface area contributed by atoms with Crippen LogP contribution in [0.25, 0.3) is 0 Å². The van der Waals surface area contributed by atoms with Gasteiger partial charge in [0.2, 0.25) is 0 Å². The normalized spacial score (nSPS) is 11.1. The van der Waals surface area contributed by atoms with Crippen molar-refractivity contribution in [3.05, 3.63) is 23.7 Å². The van der Waals surface area contributed by atoms with Gasteiger partial charge in [-0.1, -0.05) is 0 Å². The molecule has 0 atom stereocenters. The predicted molar refractivity (Wildman–Crippen MR) is 53.7 cm³/mol. The molecule has 1 aromatic heterocycles. The number of rotatable bonds is 5. The third-order valence-corrected chi connectivity index (χ3v) is 2.05. The number of aryl methyl sites for hydroxylation is 1. The van der Waals surface area contributed by atoms with Crippen molar-refractivity contribution in [3.8, 4) is 0 Å². The second-order valence-electron chi connectivity index (χ2n) is 3.35. The number of hydrogen-bond donors (Lipinski definition) is 1. The van der Waals surface area contributed by atoms with E-state index >= 15 is 0 Å². The quantitative estimate of drug-likeness (QED) is 0.739. The third-order valence-electron chi connectivity index (χ3n) is 2.05. The van der Waals surface area contributed by atoms with Crippen LogP contribution in [0.4, 0.5) is 0 Å². The van der Waals surface area contributed by atoms with Crippen LogP contribution in [0, 0.1) is 6.92 Å². The maximum absolute atomic E-state index is 5.45. The Labute approximate surface area is 79.5 Å². The number of hydrogen-bond acceptors (Lipinski definition) is 3. The summed E-state index contributed by atoms with van der Waals surface area (Å²) < 4.78 is 5.45. The van der Waals surface area contributed by atoms with Gasteiger partial charge in [-0.2, -0.15) is 0 Å². The summed E-state index contributed by atoms with van der Waals surface area (Å²) in [6.07, 6.45) is 0.963. The van der Waals surface area contributed by atoms with E-state index in [1.807, 2.05) is 19.1 Å². The highest BCUT2D eigenvalue weighted by atomic mass is 16.3. The molecule has 1 aromatic rings. The van der Waals surface area contributed by atoms with Crippen molar-refractivity contribution in [1.82, 2.24) is 4.90 Å². The minimum absolute atomic E-state index is 0.716. The van der Waals surface area contributed by atoms with Crippen LogP contribution < -0.4 is 5.73 Å². The van der Waals surface area contributed by atoms with E-state index in [-0.39, 0.29) is 0 Å². The Bertz CT molecular complexity index is 245. The molecule has 2 N–H and O–H groups in total. The molecule has 0 unspecified atom stereocenters. The molecule has 74 valence electrons. The fraction of sp³-hybridized carbons (Fsp3) is 0.600. The Morgan fingerprint density at radius 1 is 1.38 bits per heavy atom. The van der Waals surface area contributed by atoms with E-state index in [1.54, 1.807) is 0 Å². The highest BCUT2D eigenvalue weighted by Crippen LogP contribution is 2.06. The standard InChI is InChI=1S/C10H18N2O/c1-9-3-4-10(13-9)5-7-12(2)8-6-11/h3-4H,5-8,11H2,1-2H3. The molecule has 0 saturated heterocycles. The van der Waals surface area contributed by atoms with Crippen LogP contribution in [-0.2, 0) is 6.42 Å². The SMILES string of the molecule is Cc1ccc(CCN(C)CCN)o1. The van der Waals surface area contributed by atoms with Crippen molar-refractivity contribution in [2.45, 2.75) is 13.3 Å². The molecular weight excluding hydrogens is 164 g/mol. The lowest BCUT2D eigenvalue weighted by Crippen LogP contribution is -2.27. The number of likely N-dealkylation sites (N-methyl/N-ethyl adjacent to an activating group) is 1. The van der Waals surface area contributed by atoms with Gasteiger partial charge < -0.3 is 15.1 Å². The van der Waals surface area contributed by atoms with Gasteiger partial charge in [0.1, 0.15) is 11.5 Å². The molecule has 1 heterocycles. The number of nitrogens with zero attached hydrogens (tertiary/aromatic N) is 1. The first-order valence-electron chi connectivity index (χ1n) is 4.66. The first kappa shape index (κ1) is 10.3. The highest BCUT2D eigenvalue weighted by molar-refractivity contribution is 5.05. The highest BCUT2D eigenvalue weighted by Gasteiger charge is 2.01. The first-order valence-corrected chi connectivity index (χ1v) is 4.66. The summed E-state index contributed by atoms with van der Waals surface area (Å²) in [4.78, 5) is 2.21. The predicted octanol–water partition coefficient (Wildman–Crippen LogP) is 1.02. The van der Waals surface area contributed by atoms with Gasteiger partial charge in [-0.3, -0.25) is 0 Å². The molecule has 0 fully saturated rings. The number of furan rings is 1. The summed E-state index contributed by atoms with van der Waals surface area (Å²) in [5.41, 5.74) is 5.44. The molecule has 0 aliphatic heterocycles. The van der Waals surface area contributed by atoms with Gasteiger partial charge in [-0.05, 0) is 26.1 Å². The van der Waals surface area contributed by atoms with E-state index in [0.29, 0.717) is 6.54 Å². The lowest BCUT2D eigenvalue weighted by atomic mass is 10.3. The molecule has 0 bridgehead atoms. The van der Waals surface area contributed by atoms with Crippen molar-refractivity contribution in [2.24, 2.45) is 5.73 Å². The van der Waals surface area contributed by atoms with Crippen LogP contribution in [0.5, 0.6) is 0 Å². The minimum Gasteiger partial charge on any atom is -0.466 e. The van der Waals surface area contributed by atoms with Crippen LogP contribution in [0.1, 0.15) is 11.5 Å². The summed E-state index contributed by atoms with van der Waals surface area (Å²) in [5.74, 6) is 2.04. The first-order chi connectivity index (χ1) is 6.22. The van der Waals surface area contributed by atoms with Crippen molar-refractivity contribution in [3.63, 3.8) is 0 Å². The summed E-state index contributed by atoms with van der Waals surface area (Å²) in [6.45, 7) is 4.63. The van der Waals surface area contributed by atoms with E-state index < -0.39 is 0 Å². The van der Waals surface area contributed by atoms with Crippen LogP contribution in [0.3, 0.4) is 0 Å². The lowest BCUT2D eigenvalue weighted by Gasteiger charge is -2.13. The molecule has 0 radical (unpaired) electrons. The fourth-order valence-corrected chi connectivity index (χ4v) is 1.25. The molecule has 1 rings (SSSR count). The summed E-state index contributed by atoms with van der Waals surface area (Å²) in [5, 5.41) is 0. The van der Waals surface area contributed by atoms with E-state index in [1.165, 1.54) is 0 Å². The molecule has 0 saturated carbocycles. The average molecular weight is 182 g/mol. The van der Waals surface area contributed by atoms with Crippen molar-refractivity contribution in [1.29, 1.82) is 0 Å². The Morgan fingerprint density at radius 2 is 2.15 bits per heavy atom. The molecule has 0 spiro atoms. The van der Waals surface area contributed by atoms with Gasteiger partial charge in [0, 0.05) is 26.1 Å². The van der Waals surface area contributed by atoms with Crippen LogP contribution >= 0.6 is 0 Å². The van der Waals surface area contributed by atoms with Gasteiger partial charge in [-0.15, -0.1) is 0 Å². The van der Waals surface area contributed by atoms with E-state index in [9.17, 15) is 0 Å². The van der Waals surface area contributed by atoms with Gasteiger partial charge in [0.05, 0.1) is 0 Å². The van der Waals surface area contributed by atoms with E-state index in [4.69, 9.17) is 10.2 Å². The van der Waals surface area contributed by atoms with Gasteiger partial charge in [0.15, 0.2) is 0 Å². The average Bonchev–Trinajstić information content (AvgIpc) is 2.49. The largest absolute Gasteiger partial charge is 0.466 e. The zero-order chi connectivity index (χ0) is 9.68. The maximum atomic E-state index is 5.45. The van der Waals surface area contributed by atoms with Crippen molar-refractivity contribution < 1.29 is 4.42 Å². The zero-order valence-corrected chi connectivity index (χ0v) is 8.42. The fourth-order valence-electron chi connectivity index (χ4n) is 1.25. The Kier molecular flexibility index (Phi) is 3.99. The Hall–Kier alpha value is -0.800. The molecule has 0 aliphatic carbocycles. The van der Waals surface area contributed by atoms with Crippen LogP contribution in [-0.4, -0.2) is 31.6 Å². The molecule has 0 aromatic carbocycles. The van der Waals surface area contributed by atoms with Gasteiger partial charge in [-0.25, -0.2) is 0 Å². The van der Waals surface area contributed by atoms with Crippen molar-refractivity contribution in [2.75, 3.05) is 26.7 Å². The summed E-state index contributed by atoms with van der Waals surface area (Å²) >= 11 is 0. The summed E-state index contributed by atoms with van der Waals surface area (Å²) in [6, 6.07) is 4.03. The number of nitrogens with two attached hydrogens (primary N) is 1. The smallest absolute Gasteiger partial charge is 0.105 e. The second kappa shape index (κ2) is 5.04. The second-order valence-corrected chi connectivity index (χ2v) is 3.35. The maximum Gasteiger partial charge on any atom is 0.105 e. The van der Waals surface area contributed by atoms with Gasteiger partial charge >= 0.3 is 0 Å². The molecular formula is C10H18N2O. The Balaban J connectivity index is 2.26. The monoisotopic (exact) mass is 182 g/mol. The summed E-state index contributed by atoms with van der Waals surface area (Å²) in [7, 11) is 2.07. The Morgan fingerprint density at radius 3 is 2.69 bits per heavy atom. The van der Waals surface area contributed by atoms with Crippen LogP contribution in [0.15, 0.2) is 16.5 Å². The topological polar surface area (TPSA) is 42.4 Å². The van der Waals surface area contributed by atoms with Gasteiger partial charge in [0.25, 0.3) is 0 Å². The lowest BCUT2D eigenvalue weighted by molar-refractivity contribution is 0.334. The van der Waals surface area contributed by atoms with E-state index in [0.717, 1.165) is 31.0 Å². The molecule has 3 nitrogen and oxygen atoms in total. The third kappa shape index (κ3) is 3.61. The molecule has 0 aliphatic rings. The molecule has 13 heavy (non-hydrogen) atoms. The molecule has 0 amide bonds.